The lowest BCUT2D eigenvalue weighted by Crippen LogP contribution is -2.20. The Bertz CT molecular complexity index is 1390. The van der Waals surface area contributed by atoms with E-state index in [0.29, 0.717) is 11.0 Å². The molecule has 3 aromatic carbocycles. The van der Waals surface area contributed by atoms with E-state index in [0.717, 1.165) is 27.0 Å². The van der Waals surface area contributed by atoms with Gasteiger partial charge in [-0.2, -0.15) is 5.10 Å². The zero-order valence-electron chi connectivity index (χ0n) is 21.1. The molecule has 0 bridgehead atoms. The first-order valence-electron chi connectivity index (χ1n) is 11.7. The molecule has 4 aromatic rings. The predicted molar refractivity (Wildman–Crippen MR) is 153 cm³/mol. The van der Waals surface area contributed by atoms with Crippen LogP contribution in [0.5, 0.6) is 5.75 Å². The third-order valence-corrected chi connectivity index (χ3v) is 6.98. The number of methoxy groups -OCH3 is 1. The molecule has 1 aromatic heterocycles. The quantitative estimate of drug-likeness (QED) is 0.152. The van der Waals surface area contributed by atoms with Gasteiger partial charge in [0.25, 0.3) is 5.91 Å². The predicted octanol–water partition coefficient (Wildman–Crippen LogP) is 6.25. The molecule has 0 atom stereocenters. The molecule has 1 heterocycles. The van der Waals surface area contributed by atoms with Gasteiger partial charge in [-0.1, -0.05) is 84.9 Å². The van der Waals surface area contributed by atoms with Crippen molar-refractivity contribution in [3.8, 4) is 22.8 Å². The molecule has 7 nitrogen and oxygen atoms in total. The van der Waals surface area contributed by atoms with E-state index in [1.807, 2.05) is 53.1 Å². The van der Waals surface area contributed by atoms with Gasteiger partial charge in [0.15, 0.2) is 11.0 Å². The third-order valence-electron chi connectivity index (χ3n) is 5.56. The normalized spacial score (nSPS) is 11.6. The highest BCUT2D eigenvalue weighted by atomic mass is 79.9. The Balaban J connectivity index is 1.55. The topological polar surface area (TPSA) is 81.4 Å². The number of thioether (sulfide) groups is 1. The van der Waals surface area contributed by atoms with Gasteiger partial charge in [-0.15, -0.1) is 10.2 Å². The number of amides is 1. The lowest BCUT2D eigenvalue weighted by atomic mass is 9.87. The van der Waals surface area contributed by atoms with Crippen molar-refractivity contribution in [2.75, 3.05) is 12.9 Å². The largest absolute Gasteiger partial charge is 0.497 e. The Kier molecular flexibility index (Phi) is 8.45. The van der Waals surface area contributed by atoms with Crippen LogP contribution in [0, 0.1) is 0 Å². The van der Waals surface area contributed by atoms with Crippen LogP contribution < -0.4 is 10.2 Å². The summed E-state index contributed by atoms with van der Waals surface area (Å²) in [5.74, 6) is 1.34. The zero-order chi connectivity index (χ0) is 26.4. The van der Waals surface area contributed by atoms with Crippen molar-refractivity contribution in [3.63, 3.8) is 0 Å². The second-order valence-electron chi connectivity index (χ2n) is 9.30. The van der Waals surface area contributed by atoms with Gasteiger partial charge in [0.2, 0.25) is 0 Å². The number of rotatable bonds is 8. The van der Waals surface area contributed by atoms with E-state index in [9.17, 15) is 4.79 Å². The van der Waals surface area contributed by atoms with Gasteiger partial charge < -0.3 is 4.74 Å². The number of hydrogen-bond donors (Lipinski definition) is 1. The summed E-state index contributed by atoms with van der Waals surface area (Å²) in [7, 11) is 1.63. The Morgan fingerprint density at radius 2 is 1.81 bits per heavy atom. The number of benzene rings is 3. The average molecular weight is 579 g/mol. The highest BCUT2D eigenvalue weighted by Gasteiger charge is 2.19. The molecule has 0 fully saturated rings. The summed E-state index contributed by atoms with van der Waals surface area (Å²) < 4.78 is 8.21. The molecule has 0 saturated heterocycles. The van der Waals surface area contributed by atoms with Crippen LogP contribution in [0.15, 0.2) is 87.5 Å². The molecule has 0 saturated carbocycles. The van der Waals surface area contributed by atoms with Crippen molar-refractivity contribution in [2.45, 2.75) is 31.3 Å². The van der Waals surface area contributed by atoms with Crippen LogP contribution in [-0.2, 0) is 10.2 Å². The number of nitrogens with one attached hydrogen (secondary N) is 1. The van der Waals surface area contributed by atoms with Crippen molar-refractivity contribution in [1.82, 2.24) is 20.2 Å². The molecule has 0 spiro atoms. The van der Waals surface area contributed by atoms with E-state index in [1.54, 1.807) is 13.3 Å². The fourth-order valence-corrected chi connectivity index (χ4v) is 4.72. The van der Waals surface area contributed by atoms with Gasteiger partial charge in [-0.25, -0.2) is 5.43 Å². The number of ether oxygens (including phenoxy) is 1. The summed E-state index contributed by atoms with van der Waals surface area (Å²) in [5, 5.41) is 13.6. The number of aromatic nitrogens is 3. The number of carbonyl (C=O) groups is 1. The number of hydrazone groups is 1. The summed E-state index contributed by atoms with van der Waals surface area (Å²) in [6.45, 7) is 6.56. The number of halogens is 1. The summed E-state index contributed by atoms with van der Waals surface area (Å²) in [4.78, 5) is 12.5. The monoisotopic (exact) mass is 577 g/mol. The molecule has 0 radical (unpaired) electrons. The summed E-state index contributed by atoms with van der Waals surface area (Å²) in [5.41, 5.74) is 6.55. The highest BCUT2D eigenvalue weighted by Crippen LogP contribution is 2.30. The molecule has 1 N–H and O–H groups in total. The molecule has 0 aliphatic carbocycles. The summed E-state index contributed by atoms with van der Waals surface area (Å²) in [6.07, 6.45) is 1.60. The second kappa shape index (κ2) is 11.7. The molecule has 0 aliphatic heterocycles. The molecule has 0 unspecified atom stereocenters. The fourth-order valence-electron chi connectivity index (χ4n) is 3.56. The standard InChI is InChI=1S/C28H28BrN5O2S/c1-28(2,3)21-10-8-20(9-11-21)26-32-33-27(34(26)23-12-14-24(36-4)15-13-23)37-18-25(35)31-30-17-19-6-5-7-22(29)16-19/h5-17H,18H2,1-4H3,(H,31,35). The van der Waals surface area contributed by atoms with Gasteiger partial charge in [-0.05, 0) is 52.9 Å². The zero-order valence-corrected chi connectivity index (χ0v) is 23.5. The second-order valence-corrected chi connectivity index (χ2v) is 11.2. The number of hydrogen-bond acceptors (Lipinski definition) is 6. The molecule has 9 heteroatoms. The van der Waals surface area contributed by atoms with Gasteiger partial charge in [0.1, 0.15) is 5.75 Å². The lowest BCUT2D eigenvalue weighted by Gasteiger charge is -2.19. The van der Waals surface area contributed by atoms with Crippen molar-refractivity contribution in [3.05, 3.63) is 88.4 Å². The first-order chi connectivity index (χ1) is 17.7. The molecule has 1 amide bonds. The van der Waals surface area contributed by atoms with Gasteiger partial charge in [-0.3, -0.25) is 9.36 Å². The SMILES string of the molecule is COc1ccc(-n2c(SCC(=O)NN=Cc3cccc(Br)c3)nnc2-c2ccc(C(C)(C)C)cc2)cc1. The fraction of sp³-hybridized carbons (Fsp3) is 0.214. The van der Waals surface area contributed by atoms with Crippen molar-refractivity contribution < 1.29 is 9.53 Å². The molecular formula is C28H28BrN5O2S. The Morgan fingerprint density at radius 3 is 2.46 bits per heavy atom. The molecule has 190 valence electrons. The molecule has 0 aliphatic rings. The van der Waals surface area contributed by atoms with Gasteiger partial charge in [0, 0.05) is 15.7 Å². The van der Waals surface area contributed by atoms with Crippen LogP contribution in [0.25, 0.3) is 17.1 Å². The van der Waals surface area contributed by atoms with Crippen LogP contribution in [0.2, 0.25) is 0 Å². The minimum atomic E-state index is -0.239. The maximum absolute atomic E-state index is 12.5. The molecular weight excluding hydrogens is 550 g/mol. The minimum absolute atomic E-state index is 0.0516. The first kappa shape index (κ1) is 26.6. The van der Waals surface area contributed by atoms with Crippen LogP contribution >= 0.6 is 27.7 Å². The Hall–Kier alpha value is -3.43. The van der Waals surface area contributed by atoms with E-state index in [-0.39, 0.29) is 17.1 Å². The Morgan fingerprint density at radius 1 is 1.08 bits per heavy atom. The Labute approximate surface area is 229 Å². The van der Waals surface area contributed by atoms with E-state index in [1.165, 1.54) is 17.3 Å². The van der Waals surface area contributed by atoms with Crippen LogP contribution in [0.4, 0.5) is 0 Å². The van der Waals surface area contributed by atoms with Crippen molar-refractivity contribution in [1.29, 1.82) is 0 Å². The van der Waals surface area contributed by atoms with Gasteiger partial charge >= 0.3 is 0 Å². The first-order valence-corrected chi connectivity index (χ1v) is 13.4. The van der Waals surface area contributed by atoms with Crippen LogP contribution in [0.3, 0.4) is 0 Å². The maximum Gasteiger partial charge on any atom is 0.250 e. The van der Waals surface area contributed by atoms with E-state index < -0.39 is 0 Å². The highest BCUT2D eigenvalue weighted by molar-refractivity contribution is 9.10. The van der Waals surface area contributed by atoms with Crippen molar-refractivity contribution in [2.24, 2.45) is 5.10 Å². The number of nitrogens with zero attached hydrogens (tertiary/aromatic N) is 4. The van der Waals surface area contributed by atoms with Gasteiger partial charge in [0.05, 0.1) is 19.1 Å². The smallest absolute Gasteiger partial charge is 0.250 e. The average Bonchev–Trinajstić information content (AvgIpc) is 3.31. The van der Waals surface area contributed by atoms with E-state index in [4.69, 9.17) is 4.74 Å². The third kappa shape index (κ3) is 6.87. The van der Waals surface area contributed by atoms with E-state index >= 15 is 0 Å². The lowest BCUT2D eigenvalue weighted by molar-refractivity contribution is -0.118. The van der Waals surface area contributed by atoms with Crippen LogP contribution in [-0.4, -0.2) is 39.7 Å². The minimum Gasteiger partial charge on any atom is -0.497 e. The summed E-state index contributed by atoms with van der Waals surface area (Å²) >= 11 is 4.72. The van der Waals surface area contributed by atoms with Crippen molar-refractivity contribution >= 4 is 39.8 Å². The summed E-state index contributed by atoms with van der Waals surface area (Å²) in [6, 6.07) is 23.7. The molecule has 37 heavy (non-hydrogen) atoms. The molecule has 4 rings (SSSR count). The maximum atomic E-state index is 12.5. The number of carbonyl (C=O) groups excluding carboxylic acids is 1. The van der Waals surface area contributed by atoms with E-state index in [2.05, 4.69) is 81.7 Å². The van der Waals surface area contributed by atoms with Crippen LogP contribution in [0.1, 0.15) is 31.9 Å².